The average Bonchev–Trinajstić information content (AvgIpc) is 2.98. The van der Waals surface area contributed by atoms with Crippen LogP contribution in [-0.4, -0.2) is 12.1 Å². The molecule has 2 aromatic rings. The molecule has 0 radical (unpaired) electrons. The van der Waals surface area contributed by atoms with E-state index < -0.39 is 5.54 Å². The number of hydrogen-bond donors (Lipinski definition) is 1. The van der Waals surface area contributed by atoms with Crippen LogP contribution in [0.25, 0.3) is 0 Å². The Morgan fingerprint density at radius 2 is 2.19 bits per heavy atom. The van der Waals surface area contributed by atoms with Crippen molar-refractivity contribution in [3.8, 4) is 5.75 Å². The predicted octanol–water partition coefficient (Wildman–Crippen LogP) is 3.81. The summed E-state index contributed by atoms with van der Waals surface area (Å²) in [5, 5.41) is 3.18. The van der Waals surface area contributed by atoms with Crippen LogP contribution in [0.2, 0.25) is 0 Å². The molecular weight excluding hydrogens is 280 g/mol. The Morgan fingerprint density at radius 3 is 2.86 bits per heavy atom. The summed E-state index contributed by atoms with van der Waals surface area (Å²) >= 11 is 1.69. The zero-order valence-corrected chi connectivity index (χ0v) is 13.7. The fourth-order valence-corrected chi connectivity index (χ4v) is 4.15. The molecule has 1 aromatic carbocycles. The van der Waals surface area contributed by atoms with E-state index in [1.165, 1.54) is 11.1 Å². The van der Waals surface area contributed by atoms with Crippen LogP contribution in [0.4, 0.5) is 0 Å². The van der Waals surface area contributed by atoms with Crippen molar-refractivity contribution in [2.45, 2.75) is 44.6 Å². The SMILES string of the molecule is COc1ccc2c(c1)CCCC2(N)c1nc(C(C)C)cs1. The summed E-state index contributed by atoms with van der Waals surface area (Å²) in [5.74, 6) is 1.34. The number of ether oxygens (including phenoxy) is 1. The van der Waals surface area contributed by atoms with Crippen LogP contribution < -0.4 is 10.5 Å². The minimum absolute atomic E-state index is 0.442. The fraction of sp³-hybridized carbons (Fsp3) is 0.471. The lowest BCUT2D eigenvalue weighted by Crippen LogP contribution is -2.41. The molecule has 0 saturated carbocycles. The highest BCUT2D eigenvalue weighted by atomic mass is 32.1. The lowest BCUT2D eigenvalue weighted by atomic mass is 9.77. The van der Waals surface area contributed by atoms with Gasteiger partial charge in [0, 0.05) is 5.38 Å². The number of nitrogens with two attached hydrogens (primary N) is 1. The van der Waals surface area contributed by atoms with Crippen molar-refractivity contribution in [3.05, 3.63) is 45.4 Å². The van der Waals surface area contributed by atoms with Crippen molar-refractivity contribution >= 4 is 11.3 Å². The van der Waals surface area contributed by atoms with Gasteiger partial charge in [-0.1, -0.05) is 19.9 Å². The largest absolute Gasteiger partial charge is 0.497 e. The third-order valence-electron chi connectivity index (χ3n) is 4.31. The van der Waals surface area contributed by atoms with E-state index in [-0.39, 0.29) is 0 Å². The third-order valence-corrected chi connectivity index (χ3v) is 5.34. The van der Waals surface area contributed by atoms with Crippen molar-refractivity contribution < 1.29 is 4.74 Å². The Kier molecular flexibility index (Phi) is 3.76. The quantitative estimate of drug-likeness (QED) is 0.937. The highest BCUT2D eigenvalue weighted by molar-refractivity contribution is 7.09. The summed E-state index contributed by atoms with van der Waals surface area (Å²) < 4.78 is 5.34. The van der Waals surface area contributed by atoms with Gasteiger partial charge in [-0.2, -0.15) is 0 Å². The summed E-state index contributed by atoms with van der Waals surface area (Å²) in [6, 6.07) is 6.24. The van der Waals surface area contributed by atoms with Gasteiger partial charge in [-0.15, -0.1) is 11.3 Å². The van der Waals surface area contributed by atoms with Crippen LogP contribution in [0.15, 0.2) is 23.6 Å². The Labute approximate surface area is 130 Å². The van der Waals surface area contributed by atoms with Crippen LogP contribution in [0.3, 0.4) is 0 Å². The fourth-order valence-electron chi connectivity index (χ4n) is 3.01. The maximum atomic E-state index is 6.80. The van der Waals surface area contributed by atoms with Crippen molar-refractivity contribution in [1.29, 1.82) is 0 Å². The van der Waals surface area contributed by atoms with Gasteiger partial charge in [0.2, 0.25) is 0 Å². The molecule has 0 spiro atoms. The van der Waals surface area contributed by atoms with Crippen LogP contribution in [-0.2, 0) is 12.0 Å². The number of rotatable bonds is 3. The van der Waals surface area contributed by atoms with E-state index in [0.29, 0.717) is 5.92 Å². The van der Waals surface area contributed by atoms with Crippen LogP contribution in [0.1, 0.15) is 54.4 Å². The molecule has 0 aliphatic heterocycles. The number of fused-ring (bicyclic) bond motifs is 1. The first-order valence-corrected chi connectivity index (χ1v) is 8.34. The monoisotopic (exact) mass is 302 g/mol. The van der Waals surface area contributed by atoms with Crippen LogP contribution >= 0.6 is 11.3 Å². The second kappa shape index (κ2) is 5.43. The first kappa shape index (κ1) is 14.5. The molecule has 1 aromatic heterocycles. The Balaban J connectivity index is 2.06. The molecule has 0 fully saturated rings. The molecule has 0 bridgehead atoms. The molecule has 112 valence electrons. The summed E-state index contributed by atoms with van der Waals surface area (Å²) in [6.07, 6.45) is 3.11. The van der Waals surface area contributed by atoms with Gasteiger partial charge in [0.1, 0.15) is 10.8 Å². The van der Waals surface area contributed by atoms with E-state index in [4.69, 9.17) is 15.5 Å². The van der Waals surface area contributed by atoms with Gasteiger partial charge in [0.15, 0.2) is 0 Å². The van der Waals surface area contributed by atoms with Crippen molar-refractivity contribution in [1.82, 2.24) is 4.98 Å². The molecule has 0 saturated heterocycles. The maximum Gasteiger partial charge on any atom is 0.119 e. The number of aromatic nitrogens is 1. The number of hydrogen-bond acceptors (Lipinski definition) is 4. The van der Waals surface area contributed by atoms with E-state index in [2.05, 4.69) is 31.4 Å². The first-order valence-electron chi connectivity index (χ1n) is 7.47. The van der Waals surface area contributed by atoms with Crippen LogP contribution in [0, 0.1) is 0 Å². The number of nitrogens with zero attached hydrogens (tertiary/aromatic N) is 1. The number of methoxy groups -OCH3 is 1. The van der Waals surface area contributed by atoms with Crippen molar-refractivity contribution in [2.24, 2.45) is 5.73 Å². The van der Waals surface area contributed by atoms with Gasteiger partial charge >= 0.3 is 0 Å². The van der Waals surface area contributed by atoms with Gasteiger partial charge in [-0.3, -0.25) is 0 Å². The normalized spacial score (nSPS) is 21.4. The third kappa shape index (κ3) is 2.47. The summed E-state index contributed by atoms with van der Waals surface area (Å²) in [5.41, 5.74) is 10.00. The van der Waals surface area contributed by atoms with Gasteiger partial charge in [0.05, 0.1) is 18.3 Å². The highest BCUT2D eigenvalue weighted by Gasteiger charge is 2.37. The van der Waals surface area contributed by atoms with Gasteiger partial charge in [-0.25, -0.2) is 4.98 Å². The minimum Gasteiger partial charge on any atom is -0.497 e. The smallest absolute Gasteiger partial charge is 0.119 e. The van der Waals surface area contributed by atoms with Gasteiger partial charge in [0.25, 0.3) is 0 Å². The molecular formula is C17H22N2OS. The number of benzene rings is 1. The second-order valence-electron chi connectivity index (χ2n) is 6.08. The molecule has 1 atom stereocenters. The Bertz CT molecular complexity index is 650. The molecule has 0 amide bonds. The van der Waals surface area contributed by atoms with E-state index in [0.717, 1.165) is 35.7 Å². The minimum atomic E-state index is -0.447. The summed E-state index contributed by atoms with van der Waals surface area (Å²) in [4.78, 5) is 4.81. The highest BCUT2D eigenvalue weighted by Crippen LogP contribution is 2.41. The number of thiazole rings is 1. The Morgan fingerprint density at radius 1 is 1.38 bits per heavy atom. The van der Waals surface area contributed by atoms with Crippen LogP contribution in [0.5, 0.6) is 5.75 Å². The second-order valence-corrected chi connectivity index (χ2v) is 6.94. The predicted molar refractivity (Wildman–Crippen MR) is 87.1 cm³/mol. The Hall–Kier alpha value is -1.39. The van der Waals surface area contributed by atoms with E-state index in [9.17, 15) is 0 Å². The lowest BCUT2D eigenvalue weighted by molar-refractivity contribution is 0.407. The maximum absolute atomic E-state index is 6.80. The van der Waals surface area contributed by atoms with E-state index >= 15 is 0 Å². The molecule has 4 heteroatoms. The molecule has 1 heterocycles. The van der Waals surface area contributed by atoms with Crippen molar-refractivity contribution in [2.75, 3.05) is 7.11 Å². The number of aryl methyl sites for hydroxylation is 1. The van der Waals surface area contributed by atoms with E-state index in [1.54, 1.807) is 18.4 Å². The molecule has 1 aliphatic carbocycles. The summed E-state index contributed by atoms with van der Waals surface area (Å²) in [6.45, 7) is 4.34. The summed E-state index contributed by atoms with van der Waals surface area (Å²) in [7, 11) is 1.70. The lowest BCUT2D eigenvalue weighted by Gasteiger charge is -2.34. The molecule has 2 N–H and O–H groups in total. The van der Waals surface area contributed by atoms with E-state index in [1.807, 2.05) is 6.07 Å². The zero-order valence-electron chi connectivity index (χ0n) is 12.8. The first-order chi connectivity index (χ1) is 10.0. The molecule has 1 aliphatic rings. The molecule has 1 unspecified atom stereocenters. The molecule has 3 rings (SSSR count). The average molecular weight is 302 g/mol. The van der Waals surface area contributed by atoms with Gasteiger partial charge < -0.3 is 10.5 Å². The standard InChI is InChI=1S/C17H22N2OS/c1-11(2)15-10-21-16(19-15)17(18)8-4-5-12-9-13(20-3)6-7-14(12)17/h6-7,9-11H,4-5,8,18H2,1-3H3. The van der Waals surface area contributed by atoms with Crippen molar-refractivity contribution in [3.63, 3.8) is 0 Å². The molecule has 3 nitrogen and oxygen atoms in total. The topological polar surface area (TPSA) is 48.1 Å². The zero-order chi connectivity index (χ0) is 15.0. The van der Waals surface area contributed by atoms with Gasteiger partial charge in [-0.05, 0) is 48.4 Å². The molecule has 21 heavy (non-hydrogen) atoms.